The third-order valence-electron chi connectivity index (χ3n) is 5.12. The van der Waals surface area contributed by atoms with E-state index in [2.05, 4.69) is 10.0 Å². The second-order valence-electron chi connectivity index (χ2n) is 7.51. The fourth-order valence-corrected chi connectivity index (χ4v) is 5.13. The Morgan fingerprint density at radius 2 is 1.76 bits per heavy atom. The highest BCUT2D eigenvalue weighted by Crippen LogP contribution is 2.33. The maximum Gasteiger partial charge on any atom is 0.245 e. The lowest BCUT2D eigenvalue weighted by molar-refractivity contribution is -0.117. The molecule has 4 rings (SSSR count). The van der Waals surface area contributed by atoms with Gasteiger partial charge in [-0.05, 0) is 42.3 Å². The van der Waals surface area contributed by atoms with Gasteiger partial charge in [-0.25, -0.2) is 8.42 Å². The van der Waals surface area contributed by atoms with Crippen LogP contribution in [0.25, 0.3) is 0 Å². The summed E-state index contributed by atoms with van der Waals surface area (Å²) in [5, 5.41) is 2.99. The van der Waals surface area contributed by atoms with Crippen molar-refractivity contribution in [2.75, 3.05) is 25.6 Å². The number of halogens is 1. The smallest absolute Gasteiger partial charge is 0.245 e. The molecule has 0 aromatic heterocycles. The highest BCUT2D eigenvalue weighted by Gasteiger charge is 2.29. The first-order chi connectivity index (χ1) is 16.4. The monoisotopic (exact) mass is 502 g/mol. The minimum Gasteiger partial charge on any atom is -0.495 e. The molecule has 0 saturated carbocycles. The number of benzene rings is 3. The molecule has 0 spiro atoms. The molecular weight excluding hydrogens is 480 g/mol. The lowest BCUT2D eigenvalue weighted by Gasteiger charge is -2.21. The number of nitrogens with one attached hydrogen (secondary N) is 2. The van der Waals surface area contributed by atoms with Crippen LogP contribution in [0.4, 0.5) is 5.69 Å². The van der Waals surface area contributed by atoms with Crippen molar-refractivity contribution in [2.45, 2.75) is 17.4 Å². The molecule has 1 heterocycles. The summed E-state index contributed by atoms with van der Waals surface area (Å²) in [6.45, 7) is 0.856. The van der Waals surface area contributed by atoms with Gasteiger partial charge in [-0.3, -0.25) is 4.79 Å². The molecule has 178 valence electrons. The molecule has 1 atom stereocenters. The van der Waals surface area contributed by atoms with E-state index in [1.54, 1.807) is 18.2 Å². The second kappa shape index (κ2) is 10.3. The van der Waals surface area contributed by atoms with E-state index in [0.29, 0.717) is 30.4 Å². The second-order valence-corrected chi connectivity index (χ2v) is 9.63. The van der Waals surface area contributed by atoms with Gasteiger partial charge in [-0.15, -0.1) is 0 Å². The van der Waals surface area contributed by atoms with Crippen LogP contribution < -0.4 is 24.2 Å². The predicted octanol–water partition coefficient (Wildman–Crippen LogP) is 3.65. The van der Waals surface area contributed by atoms with Gasteiger partial charge >= 0.3 is 0 Å². The molecular formula is C24H23ClN2O6S. The fourth-order valence-electron chi connectivity index (χ4n) is 3.50. The van der Waals surface area contributed by atoms with E-state index in [-0.39, 0.29) is 22.1 Å². The summed E-state index contributed by atoms with van der Waals surface area (Å²) in [5.74, 6) is 0.666. The van der Waals surface area contributed by atoms with Crippen LogP contribution in [-0.4, -0.2) is 40.7 Å². The van der Waals surface area contributed by atoms with Gasteiger partial charge in [0, 0.05) is 16.8 Å². The zero-order valence-corrected chi connectivity index (χ0v) is 19.9. The lowest BCUT2D eigenvalue weighted by atomic mass is 10.1. The number of hydrogen-bond donors (Lipinski definition) is 2. The van der Waals surface area contributed by atoms with Crippen molar-refractivity contribution in [3.05, 3.63) is 77.3 Å². The normalized spacial score (nSPS) is 13.7. The number of ether oxygens (including phenoxy) is 3. The van der Waals surface area contributed by atoms with Crippen LogP contribution in [0.15, 0.2) is 71.6 Å². The maximum absolute atomic E-state index is 13.2. The Labute approximate surface area is 202 Å². The first kappa shape index (κ1) is 23.9. The van der Waals surface area contributed by atoms with E-state index in [4.69, 9.17) is 25.8 Å². The Morgan fingerprint density at radius 3 is 2.50 bits per heavy atom. The molecule has 0 bridgehead atoms. The number of sulfonamides is 1. The molecule has 34 heavy (non-hydrogen) atoms. The van der Waals surface area contributed by atoms with Crippen LogP contribution in [0.5, 0.6) is 17.2 Å². The van der Waals surface area contributed by atoms with Crippen LogP contribution in [0.1, 0.15) is 5.56 Å². The Hall–Kier alpha value is -3.27. The molecule has 0 unspecified atom stereocenters. The molecule has 8 nitrogen and oxygen atoms in total. The zero-order valence-electron chi connectivity index (χ0n) is 18.3. The number of amides is 1. The molecule has 10 heteroatoms. The lowest BCUT2D eigenvalue weighted by Crippen LogP contribution is -2.45. The summed E-state index contributed by atoms with van der Waals surface area (Å²) in [7, 11) is -2.80. The molecule has 0 saturated heterocycles. The van der Waals surface area contributed by atoms with E-state index < -0.39 is 22.0 Å². The summed E-state index contributed by atoms with van der Waals surface area (Å²) in [6.07, 6.45) is 0.124. The van der Waals surface area contributed by atoms with Crippen molar-refractivity contribution in [2.24, 2.45) is 0 Å². The minimum atomic E-state index is -4.16. The highest BCUT2D eigenvalue weighted by atomic mass is 35.5. The molecule has 1 aliphatic heterocycles. The van der Waals surface area contributed by atoms with Gasteiger partial charge in [0.2, 0.25) is 15.9 Å². The van der Waals surface area contributed by atoms with Crippen molar-refractivity contribution in [3.8, 4) is 17.2 Å². The summed E-state index contributed by atoms with van der Waals surface area (Å²) < 4.78 is 45.3. The topological polar surface area (TPSA) is 103 Å². The van der Waals surface area contributed by atoms with Gasteiger partial charge < -0.3 is 19.5 Å². The molecule has 0 aliphatic carbocycles. The van der Waals surface area contributed by atoms with Gasteiger partial charge in [0.25, 0.3) is 0 Å². The van der Waals surface area contributed by atoms with Crippen molar-refractivity contribution >= 4 is 33.2 Å². The number of methoxy groups -OCH3 is 1. The molecule has 1 aliphatic rings. The third kappa shape index (κ3) is 5.61. The van der Waals surface area contributed by atoms with Gasteiger partial charge in [0.1, 0.15) is 29.9 Å². The number of rotatable bonds is 8. The number of anilines is 1. The van der Waals surface area contributed by atoms with E-state index in [0.717, 1.165) is 5.56 Å². The average molecular weight is 503 g/mol. The Kier molecular flexibility index (Phi) is 7.26. The summed E-state index contributed by atoms with van der Waals surface area (Å²) in [6, 6.07) is 17.3. The Morgan fingerprint density at radius 1 is 1.03 bits per heavy atom. The van der Waals surface area contributed by atoms with Gasteiger partial charge in [-0.1, -0.05) is 41.9 Å². The number of fused-ring (bicyclic) bond motifs is 1. The van der Waals surface area contributed by atoms with Gasteiger partial charge in [0.15, 0.2) is 11.5 Å². The summed E-state index contributed by atoms with van der Waals surface area (Å²) in [4.78, 5) is 13.1. The number of hydrogen-bond acceptors (Lipinski definition) is 6. The fraction of sp³-hybridized carbons (Fsp3) is 0.208. The average Bonchev–Trinajstić information content (AvgIpc) is 2.84. The van der Waals surface area contributed by atoms with Gasteiger partial charge in [0.05, 0.1) is 7.11 Å². The van der Waals surface area contributed by atoms with Crippen LogP contribution in [0, 0.1) is 0 Å². The molecule has 2 N–H and O–H groups in total. The van der Waals surface area contributed by atoms with Crippen LogP contribution in [-0.2, 0) is 21.2 Å². The van der Waals surface area contributed by atoms with Crippen molar-refractivity contribution in [1.29, 1.82) is 0 Å². The first-order valence-electron chi connectivity index (χ1n) is 10.5. The molecule has 3 aromatic carbocycles. The standard InChI is InChI=1S/C24H23ClN2O6S/c1-31-21-9-7-17(25)14-23(21)34(29,30)27-19(13-16-5-3-2-4-6-16)24(28)26-18-8-10-20-22(15-18)33-12-11-32-20/h2-10,14-15,19,27H,11-13H2,1H3,(H,26,28)/t19-/m1/s1. The van der Waals surface area contributed by atoms with Crippen LogP contribution in [0.2, 0.25) is 5.02 Å². The zero-order chi connectivity index (χ0) is 24.1. The maximum atomic E-state index is 13.2. The molecule has 3 aromatic rings. The predicted molar refractivity (Wildman–Crippen MR) is 128 cm³/mol. The number of carbonyl (C=O) groups excluding carboxylic acids is 1. The van der Waals surface area contributed by atoms with Crippen LogP contribution >= 0.6 is 11.6 Å². The third-order valence-corrected chi connectivity index (χ3v) is 6.85. The van der Waals surface area contributed by atoms with Crippen molar-refractivity contribution < 1.29 is 27.4 Å². The first-order valence-corrected chi connectivity index (χ1v) is 12.3. The van der Waals surface area contributed by atoms with E-state index in [9.17, 15) is 13.2 Å². The molecule has 0 fully saturated rings. The summed E-state index contributed by atoms with van der Waals surface area (Å²) >= 11 is 6.02. The number of carbonyl (C=O) groups is 1. The Balaban J connectivity index is 1.61. The summed E-state index contributed by atoms with van der Waals surface area (Å²) in [5.41, 5.74) is 1.23. The largest absolute Gasteiger partial charge is 0.495 e. The van der Waals surface area contributed by atoms with Gasteiger partial charge in [-0.2, -0.15) is 4.72 Å². The quantitative estimate of drug-likeness (QED) is 0.487. The van der Waals surface area contributed by atoms with E-state index >= 15 is 0 Å². The van der Waals surface area contributed by atoms with Crippen LogP contribution in [0.3, 0.4) is 0 Å². The van der Waals surface area contributed by atoms with E-state index in [1.807, 2.05) is 30.3 Å². The van der Waals surface area contributed by atoms with E-state index in [1.165, 1.54) is 25.3 Å². The minimum absolute atomic E-state index is 0.114. The Bertz CT molecular complexity index is 1280. The van der Waals surface area contributed by atoms with Crippen molar-refractivity contribution in [3.63, 3.8) is 0 Å². The van der Waals surface area contributed by atoms with Crippen molar-refractivity contribution in [1.82, 2.24) is 4.72 Å². The highest BCUT2D eigenvalue weighted by molar-refractivity contribution is 7.89. The SMILES string of the molecule is COc1ccc(Cl)cc1S(=O)(=O)N[C@H](Cc1ccccc1)C(=O)Nc1ccc2c(c1)OCCO2. The molecule has 1 amide bonds. The molecule has 0 radical (unpaired) electrons.